The summed E-state index contributed by atoms with van der Waals surface area (Å²) in [5, 5.41) is 22.5. The van der Waals surface area contributed by atoms with Crippen molar-refractivity contribution in [2.75, 3.05) is 31.6 Å². The molecule has 8 nitrogen and oxygen atoms in total. The minimum atomic E-state index is -0.674. The molecule has 182 valence electrons. The highest BCUT2D eigenvalue weighted by Gasteiger charge is 2.31. The smallest absolute Gasteiger partial charge is 0.222 e. The molecule has 33 heavy (non-hydrogen) atoms. The molecule has 2 heterocycles. The number of aliphatic imine (C=N–C) groups is 1. The third kappa shape index (κ3) is 5.79. The van der Waals surface area contributed by atoms with Gasteiger partial charge in [0.25, 0.3) is 0 Å². The van der Waals surface area contributed by atoms with E-state index in [1.165, 1.54) is 24.0 Å². The number of ether oxygens (including phenoxy) is 1. The number of aliphatic hydroxyl groups is 2. The zero-order valence-electron chi connectivity index (χ0n) is 19.8. The molecule has 1 aromatic rings. The van der Waals surface area contributed by atoms with Crippen molar-refractivity contribution in [1.29, 1.82) is 0 Å². The van der Waals surface area contributed by atoms with Crippen molar-refractivity contribution in [3.63, 3.8) is 0 Å². The summed E-state index contributed by atoms with van der Waals surface area (Å²) in [5.41, 5.74) is 3.34. The normalized spacial score (nSPS) is 19.7. The molecule has 0 bridgehead atoms. The van der Waals surface area contributed by atoms with Crippen molar-refractivity contribution in [3.8, 4) is 5.75 Å². The Balaban J connectivity index is 1.19. The van der Waals surface area contributed by atoms with Crippen LogP contribution < -0.4 is 10.1 Å². The molecule has 1 fully saturated rings. The average molecular weight is 459 g/mol. The van der Waals surface area contributed by atoms with Gasteiger partial charge in [-0.25, -0.2) is 4.99 Å². The summed E-state index contributed by atoms with van der Waals surface area (Å²) < 4.78 is 6.10. The summed E-state index contributed by atoms with van der Waals surface area (Å²) in [4.78, 5) is 20.8. The second-order valence-electron chi connectivity index (χ2n) is 9.43. The maximum Gasteiger partial charge on any atom is 0.222 e. The first kappa shape index (κ1) is 23.8. The third-order valence-corrected chi connectivity index (χ3v) is 7.02. The van der Waals surface area contributed by atoms with Crippen LogP contribution in [-0.2, 0) is 11.3 Å². The first-order valence-corrected chi connectivity index (χ1v) is 12.5. The molecule has 1 atom stereocenters. The molecule has 0 aromatic heterocycles. The van der Waals surface area contributed by atoms with E-state index in [0.717, 1.165) is 56.5 Å². The van der Waals surface area contributed by atoms with Gasteiger partial charge in [-0.05, 0) is 44.2 Å². The van der Waals surface area contributed by atoms with Gasteiger partial charge < -0.3 is 30.1 Å². The van der Waals surface area contributed by atoms with Crippen LogP contribution in [0.25, 0.3) is 0 Å². The molecule has 1 aliphatic carbocycles. The number of amides is 1. The summed E-state index contributed by atoms with van der Waals surface area (Å²) in [7, 11) is 0. The van der Waals surface area contributed by atoms with E-state index < -0.39 is 6.23 Å². The minimum Gasteiger partial charge on any atom is -0.491 e. The Labute approximate surface area is 196 Å². The van der Waals surface area contributed by atoms with Crippen LogP contribution in [0.5, 0.6) is 5.75 Å². The van der Waals surface area contributed by atoms with Crippen molar-refractivity contribution in [3.05, 3.63) is 23.3 Å². The van der Waals surface area contributed by atoms with Gasteiger partial charge in [0, 0.05) is 31.1 Å². The van der Waals surface area contributed by atoms with E-state index >= 15 is 0 Å². The van der Waals surface area contributed by atoms with Crippen molar-refractivity contribution in [2.24, 2.45) is 4.99 Å². The van der Waals surface area contributed by atoms with E-state index in [1.54, 1.807) is 0 Å². The quantitative estimate of drug-likeness (QED) is 0.441. The molecule has 1 unspecified atom stereocenters. The summed E-state index contributed by atoms with van der Waals surface area (Å²) >= 11 is 0. The summed E-state index contributed by atoms with van der Waals surface area (Å²) in [6.45, 7) is 4.48. The standard InChI is InChI=1S/C25H38N4O4/c1-18-11-12-21(24-20(18)16-28-17-22(31)26-25(28)27-24)33-15-7-3-2-4-10-23(32)29(13-14-30)19-8-5-6-9-19/h11-12,19,22,30-31H,2-10,13-17H2,1H3,(H,26,27). The fourth-order valence-corrected chi connectivity index (χ4v) is 5.18. The average Bonchev–Trinajstić information content (AvgIpc) is 3.45. The number of guanidine groups is 1. The number of fused-ring (bicyclic) bond motifs is 2. The minimum absolute atomic E-state index is 0.0448. The van der Waals surface area contributed by atoms with Gasteiger partial charge in [-0.15, -0.1) is 0 Å². The summed E-state index contributed by atoms with van der Waals surface area (Å²) in [6, 6.07) is 4.41. The van der Waals surface area contributed by atoms with E-state index in [2.05, 4.69) is 28.2 Å². The molecular weight excluding hydrogens is 420 g/mol. The SMILES string of the molecule is Cc1ccc(OCCCCCCC(=O)N(CCO)C2CCCC2)c2c1CN1CC(O)N=C1N2. The first-order chi connectivity index (χ1) is 16.1. The van der Waals surface area contributed by atoms with Gasteiger partial charge >= 0.3 is 0 Å². The number of hydrogen-bond donors (Lipinski definition) is 3. The van der Waals surface area contributed by atoms with Gasteiger partial charge in [0.05, 0.1) is 25.4 Å². The lowest BCUT2D eigenvalue weighted by molar-refractivity contribution is -0.134. The van der Waals surface area contributed by atoms with Gasteiger partial charge in [0.1, 0.15) is 5.75 Å². The van der Waals surface area contributed by atoms with Crippen molar-refractivity contribution in [2.45, 2.75) is 83.5 Å². The molecule has 3 N–H and O–H groups in total. The molecule has 8 heteroatoms. The monoisotopic (exact) mass is 458 g/mol. The lowest BCUT2D eigenvalue weighted by Gasteiger charge is -2.30. The van der Waals surface area contributed by atoms with Crippen molar-refractivity contribution < 1.29 is 19.7 Å². The molecule has 2 aliphatic heterocycles. The van der Waals surface area contributed by atoms with Crippen LogP contribution in [0.15, 0.2) is 17.1 Å². The lowest BCUT2D eigenvalue weighted by Crippen LogP contribution is -2.40. The van der Waals surface area contributed by atoms with Crippen molar-refractivity contribution >= 4 is 17.6 Å². The molecule has 3 aliphatic rings. The Hall–Kier alpha value is -2.32. The van der Waals surface area contributed by atoms with E-state index in [9.17, 15) is 15.0 Å². The Kier molecular flexibility index (Phi) is 8.09. The number of aryl methyl sites for hydroxylation is 1. The van der Waals surface area contributed by atoms with E-state index in [4.69, 9.17) is 4.74 Å². The Morgan fingerprint density at radius 2 is 2.03 bits per heavy atom. The highest BCUT2D eigenvalue weighted by atomic mass is 16.5. The third-order valence-electron chi connectivity index (χ3n) is 7.02. The molecule has 1 saturated carbocycles. The number of aliphatic hydroxyl groups excluding tert-OH is 2. The largest absolute Gasteiger partial charge is 0.491 e. The molecule has 0 radical (unpaired) electrons. The summed E-state index contributed by atoms with van der Waals surface area (Å²) in [5.74, 6) is 1.73. The molecule has 1 aromatic carbocycles. The molecule has 1 amide bonds. The second kappa shape index (κ2) is 11.2. The number of rotatable bonds is 11. The number of carbonyl (C=O) groups is 1. The molecular formula is C25H38N4O4. The summed E-state index contributed by atoms with van der Waals surface area (Å²) in [6.07, 6.45) is 8.26. The van der Waals surface area contributed by atoms with Crippen LogP contribution in [0.4, 0.5) is 5.69 Å². The topological polar surface area (TPSA) is 97.6 Å². The fourth-order valence-electron chi connectivity index (χ4n) is 5.18. The van der Waals surface area contributed by atoms with Crippen LogP contribution >= 0.6 is 0 Å². The number of carbonyl (C=O) groups excluding carboxylic acids is 1. The zero-order chi connectivity index (χ0) is 23.2. The van der Waals surface area contributed by atoms with Gasteiger partial charge in [-0.3, -0.25) is 4.79 Å². The lowest BCUT2D eigenvalue weighted by atomic mass is 10.0. The van der Waals surface area contributed by atoms with Crippen molar-refractivity contribution in [1.82, 2.24) is 9.80 Å². The predicted molar refractivity (Wildman–Crippen MR) is 128 cm³/mol. The van der Waals surface area contributed by atoms with Crippen LogP contribution in [-0.4, -0.2) is 70.5 Å². The Bertz CT molecular complexity index is 853. The predicted octanol–water partition coefficient (Wildman–Crippen LogP) is 3.00. The number of benzene rings is 1. The van der Waals surface area contributed by atoms with Gasteiger partial charge in [0.15, 0.2) is 6.23 Å². The van der Waals surface area contributed by atoms with Crippen LogP contribution in [0.2, 0.25) is 0 Å². The van der Waals surface area contributed by atoms with E-state index in [0.29, 0.717) is 38.1 Å². The highest BCUT2D eigenvalue weighted by Crippen LogP contribution is 2.36. The Morgan fingerprint density at radius 1 is 1.24 bits per heavy atom. The number of nitrogens with one attached hydrogen (secondary N) is 1. The molecule has 4 rings (SSSR count). The number of hydrogen-bond acceptors (Lipinski definition) is 7. The van der Waals surface area contributed by atoms with E-state index in [1.807, 2.05) is 11.0 Å². The fraction of sp³-hybridized carbons (Fsp3) is 0.680. The Morgan fingerprint density at radius 3 is 2.82 bits per heavy atom. The molecule has 0 spiro atoms. The highest BCUT2D eigenvalue weighted by molar-refractivity contribution is 5.99. The zero-order valence-corrected chi connectivity index (χ0v) is 19.8. The van der Waals surface area contributed by atoms with Crippen LogP contribution in [0.1, 0.15) is 68.9 Å². The van der Waals surface area contributed by atoms with Gasteiger partial charge in [-0.1, -0.05) is 31.7 Å². The van der Waals surface area contributed by atoms with Crippen LogP contribution in [0.3, 0.4) is 0 Å². The second-order valence-corrected chi connectivity index (χ2v) is 9.43. The number of unbranched alkanes of at least 4 members (excludes halogenated alkanes) is 3. The maximum absolute atomic E-state index is 12.6. The maximum atomic E-state index is 12.6. The van der Waals surface area contributed by atoms with Gasteiger partial charge in [-0.2, -0.15) is 0 Å². The number of anilines is 1. The molecule has 0 saturated heterocycles. The van der Waals surface area contributed by atoms with Gasteiger partial charge in [0.2, 0.25) is 11.9 Å². The number of nitrogens with zero attached hydrogens (tertiary/aromatic N) is 3. The first-order valence-electron chi connectivity index (χ1n) is 12.5. The van der Waals surface area contributed by atoms with Crippen LogP contribution in [0, 0.1) is 6.92 Å². The van der Waals surface area contributed by atoms with E-state index in [-0.39, 0.29) is 12.5 Å².